The molecule has 0 atom stereocenters. The molecule has 0 aliphatic carbocycles. The molecule has 16 heavy (non-hydrogen) atoms. The van der Waals surface area contributed by atoms with Crippen molar-refractivity contribution >= 4 is 34.5 Å². The van der Waals surface area contributed by atoms with E-state index in [1.165, 1.54) is 14.2 Å². The number of benzene rings is 1. The summed E-state index contributed by atoms with van der Waals surface area (Å²) in [6, 6.07) is 5.24. The SMILES string of the molecule is COC(=O)Cc1ccc(I)cc1C(=O)OC. The standard InChI is InChI=1S/C11H11IO4/c1-15-10(13)5-7-3-4-8(12)6-9(7)11(14)16-2/h3-4,6H,5H2,1-2H3. The molecule has 0 heterocycles. The van der Waals surface area contributed by atoms with E-state index in [9.17, 15) is 9.59 Å². The molecule has 4 nitrogen and oxygen atoms in total. The number of esters is 2. The molecule has 1 aromatic carbocycles. The van der Waals surface area contributed by atoms with Gasteiger partial charge in [0.25, 0.3) is 0 Å². The number of methoxy groups -OCH3 is 2. The molecule has 0 aliphatic heterocycles. The summed E-state index contributed by atoms with van der Waals surface area (Å²) in [6.07, 6.45) is 0.0673. The van der Waals surface area contributed by atoms with Gasteiger partial charge in [0.2, 0.25) is 0 Å². The highest BCUT2D eigenvalue weighted by molar-refractivity contribution is 14.1. The maximum absolute atomic E-state index is 11.5. The second-order valence-electron chi connectivity index (χ2n) is 3.05. The Morgan fingerprint density at radius 1 is 1.25 bits per heavy atom. The Kier molecular flexibility index (Phi) is 4.72. The van der Waals surface area contributed by atoms with Crippen LogP contribution in [0.1, 0.15) is 15.9 Å². The number of rotatable bonds is 3. The van der Waals surface area contributed by atoms with Crippen molar-refractivity contribution in [1.82, 2.24) is 0 Å². The van der Waals surface area contributed by atoms with Crippen LogP contribution in [0, 0.1) is 3.57 Å². The summed E-state index contributed by atoms with van der Waals surface area (Å²) in [4.78, 5) is 22.6. The van der Waals surface area contributed by atoms with Crippen LogP contribution in [0.25, 0.3) is 0 Å². The molecule has 1 rings (SSSR count). The van der Waals surface area contributed by atoms with Crippen LogP contribution in [-0.4, -0.2) is 26.2 Å². The Hall–Kier alpha value is -1.11. The maximum Gasteiger partial charge on any atom is 0.338 e. The van der Waals surface area contributed by atoms with Crippen LogP contribution in [-0.2, 0) is 20.7 Å². The minimum Gasteiger partial charge on any atom is -0.469 e. The molecule has 0 saturated heterocycles. The van der Waals surface area contributed by atoms with Crippen LogP contribution < -0.4 is 0 Å². The van der Waals surface area contributed by atoms with Crippen LogP contribution in [0.4, 0.5) is 0 Å². The Bertz CT molecular complexity index is 414. The maximum atomic E-state index is 11.5. The van der Waals surface area contributed by atoms with E-state index in [1.807, 2.05) is 6.07 Å². The molecule has 0 spiro atoms. The molecule has 0 N–H and O–H groups in total. The van der Waals surface area contributed by atoms with Gasteiger partial charge in [-0.2, -0.15) is 0 Å². The van der Waals surface area contributed by atoms with Gasteiger partial charge >= 0.3 is 11.9 Å². The summed E-state index contributed by atoms with van der Waals surface area (Å²) >= 11 is 2.09. The van der Waals surface area contributed by atoms with E-state index < -0.39 is 5.97 Å². The Morgan fingerprint density at radius 3 is 2.50 bits per heavy atom. The van der Waals surface area contributed by atoms with Crippen LogP contribution >= 0.6 is 22.6 Å². The lowest BCUT2D eigenvalue weighted by Gasteiger charge is -2.07. The number of halogens is 1. The van der Waals surface area contributed by atoms with Crippen molar-refractivity contribution in [2.24, 2.45) is 0 Å². The van der Waals surface area contributed by atoms with Gasteiger partial charge in [-0.3, -0.25) is 4.79 Å². The van der Waals surface area contributed by atoms with Crippen molar-refractivity contribution in [3.05, 3.63) is 32.9 Å². The fraction of sp³-hybridized carbons (Fsp3) is 0.273. The summed E-state index contributed by atoms with van der Waals surface area (Å²) in [5.74, 6) is -0.830. The highest BCUT2D eigenvalue weighted by Gasteiger charge is 2.15. The molecule has 86 valence electrons. The highest BCUT2D eigenvalue weighted by Crippen LogP contribution is 2.16. The molecule has 0 radical (unpaired) electrons. The van der Waals surface area contributed by atoms with Gasteiger partial charge < -0.3 is 9.47 Å². The van der Waals surface area contributed by atoms with E-state index in [4.69, 9.17) is 0 Å². The lowest BCUT2D eigenvalue weighted by atomic mass is 10.0. The van der Waals surface area contributed by atoms with E-state index in [1.54, 1.807) is 12.1 Å². The average Bonchev–Trinajstić information content (AvgIpc) is 2.30. The molecule has 0 unspecified atom stereocenters. The quantitative estimate of drug-likeness (QED) is 0.625. The van der Waals surface area contributed by atoms with E-state index in [0.29, 0.717) is 11.1 Å². The Balaban J connectivity index is 3.07. The summed E-state index contributed by atoms with van der Waals surface area (Å²) in [5.41, 5.74) is 1.01. The molecule has 0 saturated carbocycles. The van der Waals surface area contributed by atoms with Crippen LogP contribution in [0.5, 0.6) is 0 Å². The van der Waals surface area contributed by atoms with Gasteiger partial charge in [0.05, 0.1) is 26.2 Å². The van der Waals surface area contributed by atoms with Gasteiger partial charge in [0.1, 0.15) is 0 Å². The zero-order chi connectivity index (χ0) is 12.1. The van der Waals surface area contributed by atoms with Gasteiger partial charge in [-0.25, -0.2) is 4.79 Å². The molecule has 1 aromatic rings. The highest BCUT2D eigenvalue weighted by atomic mass is 127. The summed E-state index contributed by atoms with van der Waals surface area (Å²) < 4.78 is 10.1. The fourth-order valence-electron chi connectivity index (χ4n) is 1.23. The number of carbonyl (C=O) groups excluding carboxylic acids is 2. The first-order valence-electron chi connectivity index (χ1n) is 4.52. The van der Waals surface area contributed by atoms with Gasteiger partial charge in [-0.15, -0.1) is 0 Å². The predicted octanol–water partition coefficient (Wildman–Crippen LogP) is 1.79. The van der Waals surface area contributed by atoms with Crippen molar-refractivity contribution in [3.63, 3.8) is 0 Å². The molecule has 0 fully saturated rings. The first-order valence-corrected chi connectivity index (χ1v) is 5.60. The lowest BCUT2D eigenvalue weighted by molar-refractivity contribution is -0.139. The van der Waals surface area contributed by atoms with E-state index in [2.05, 4.69) is 32.1 Å². The van der Waals surface area contributed by atoms with Crippen molar-refractivity contribution in [2.45, 2.75) is 6.42 Å². The molecule has 5 heteroatoms. The Labute approximate surface area is 107 Å². The van der Waals surface area contributed by atoms with Crippen molar-refractivity contribution in [3.8, 4) is 0 Å². The number of hydrogen-bond acceptors (Lipinski definition) is 4. The normalized spacial score (nSPS) is 9.69. The van der Waals surface area contributed by atoms with Crippen molar-refractivity contribution in [1.29, 1.82) is 0 Å². The van der Waals surface area contributed by atoms with Crippen molar-refractivity contribution < 1.29 is 19.1 Å². The lowest BCUT2D eigenvalue weighted by Crippen LogP contribution is -2.11. The number of hydrogen-bond donors (Lipinski definition) is 0. The summed E-state index contributed by atoms with van der Waals surface area (Å²) in [5, 5.41) is 0. The fourth-order valence-corrected chi connectivity index (χ4v) is 1.72. The average molecular weight is 334 g/mol. The monoisotopic (exact) mass is 334 g/mol. The third-order valence-electron chi connectivity index (χ3n) is 2.04. The van der Waals surface area contributed by atoms with E-state index in [-0.39, 0.29) is 12.4 Å². The van der Waals surface area contributed by atoms with Gasteiger partial charge in [0.15, 0.2) is 0 Å². The molecule has 0 bridgehead atoms. The molecular weight excluding hydrogens is 323 g/mol. The van der Waals surface area contributed by atoms with Crippen LogP contribution in [0.15, 0.2) is 18.2 Å². The zero-order valence-electron chi connectivity index (χ0n) is 8.95. The largest absolute Gasteiger partial charge is 0.469 e. The first-order chi connectivity index (χ1) is 7.58. The minimum atomic E-state index is -0.447. The third-order valence-corrected chi connectivity index (χ3v) is 2.71. The Morgan fingerprint density at radius 2 is 1.94 bits per heavy atom. The van der Waals surface area contributed by atoms with Crippen molar-refractivity contribution in [2.75, 3.05) is 14.2 Å². The van der Waals surface area contributed by atoms with Gasteiger partial charge in [0, 0.05) is 3.57 Å². The van der Waals surface area contributed by atoms with Gasteiger partial charge in [-0.05, 0) is 40.3 Å². The first kappa shape index (κ1) is 13.0. The molecule has 0 aliphatic rings. The molecule has 0 aromatic heterocycles. The smallest absolute Gasteiger partial charge is 0.338 e. The third kappa shape index (κ3) is 3.19. The predicted molar refractivity (Wildman–Crippen MR) is 66.2 cm³/mol. The van der Waals surface area contributed by atoms with Crippen LogP contribution in [0.3, 0.4) is 0 Å². The number of carbonyl (C=O) groups is 2. The zero-order valence-corrected chi connectivity index (χ0v) is 11.1. The second-order valence-corrected chi connectivity index (χ2v) is 4.29. The second kappa shape index (κ2) is 5.83. The molecular formula is C11H11IO4. The minimum absolute atomic E-state index is 0.0673. The molecule has 0 amide bonds. The van der Waals surface area contributed by atoms with E-state index in [0.717, 1.165) is 3.57 Å². The van der Waals surface area contributed by atoms with Gasteiger partial charge in [-0.1, -0.05) is 6.07 Å². The number of ether oxygens (including phenoxy) is 2. The summed E-state index contributed by atoms with van der Waals surface area (Å²) in [6.45, 7) is 0. The summed E-state index contributed by atoms with van der Waals surface area (Å²) in [7, 11) is 2.62. The topological polar surface area (TPSA) is 52.6 Å². The van der Waals surface area contributed by atoms with E-state index >= 15 is 0 Å². The van der Waals surface area contributed by atoms with Crippen LogP contribution in [0.2, 0.25) is 0 Å².